The zero-order valence-corrected chi connectivity index (χ0v) is 19.0. The summed E-state index contributed by atoms with van der Waals surface area (Å²) in [5.41, 5.74) is 1.70. The number of ether oxygens (including phenoxy) is 3. The standard InChI is InChI=1S/C22H23Cl2N3O4/c1-29-17-11-14(12-18(30-2)22(17)31-3)7-8-20(28)26-19-9-10-25-27(19)13-15-5-4-6-16(23)21(15)24/h4-6,9-12H,7-8,13H2,1-3H3,(H,26,28). The van der Waals surface area contributed by atoms with Gasteiger partial charge in [-0.3, -0.25) is 4.79 Å². The molecule has 3 rings (SSSR count). The minimum absolute atomic E-state index is 0.146. The quantitative estimate of drug-likeness (QED) is 0.491. The van der Waals surface area contributed by atoms with Crippen LogP contribution in [-0.4, -0.2) is 37.0 Å². The van der Waals surface area contributed by atoms with E-state index in [1.807, 2.05) is 24.3 Å². The Balaban J connectivity index is 1.66. The van der Waals surface area contributed by atoms with E-state index in [4.69, 9.17) is 37.4 Å². The van der Waals surface area contributed by atoms with Gasteiger partial charge in [0.25, 0.3) is 0 Å². The predicted molar refractivity (Wildman–Crippen MR) is 121 cm³/mol. The van der Waals surface area contributed by atoms with E-state index in [0.717, 1.165) is 11.1 Å². The number of nitrogens with one attached hydrogen (secondary N) is 1. The largest absolute Gasteiger partial charge is 0.493 e. The molecule has 0 aliphatic heterocycles. The first-order chi connectivity index (χ1) is 15.0. The third kappa shape index (κ3) is 5.42. The van der Waals surface area contributed by atoms with Crippen LogP contribution < -0.4 is 19.5 Å². The second kappa shape index (κ2) is 10.4. The summed E-state index contributed by atoms with van der Waals surface area (Å²) in [4.78, 5) is 12.6. The molecule has 0 aliphatic rings. The molecule has 0 unspecified atom stereocenters. The molecule has 0 saturated heterocycles. The van der Waals surface area contributed by atoms with Crippen LogP contribution in [0.25, 0.3) is 0 Å². The number of methoxy groups -OCH3 is 3. The summed E-state index contributed by atoms with van der Waals surface area (Å²) in [6.45, 7) is 0.384. The summed E-state index contributed by atoms with van der Waals surface area (Å²) in [6, 6.07) is 10.8. The van der Waals surface area contributed by atoms with Crippen LogP contribution in [0.5, 0.6) is 17.2 Å². The van der Waals surface area contributed by atoms with Crippen LogP contribution in [0, 0.1) is 0 Å². The maximum absolute atomic E-state index is 12.6. The first-order valence-electron chi connectivity index (χ1n) is 9.50. The molecule has 1 aromatic heterocycles. The smallest absolute Gasteiger partial charge is 0.225 e. The number of amides is 1. The van der Waals surface area contributed by atoms with Crippen molar-refractivity contribution in [1.82, 2.24) is 9.78 Å². The maximum Gasteiger partial charge on any atom is 0.225 e. The highest BCUT2D eigenvalue weighted by atomic mass is 35.5. The number of nitrogens with zero attached hydrogens (tertiary/aromatic N) is 2. The van der Waals surface area contributed by atoms with Crippen molar-refractivity contribution in [3.63, 3.8) is 0 Å². The van der Waals surface area contributed by atoms with E-state index in [2.05, 4.69) is 10.4 Å². The number of carbonyl (C=O) groups excluding carboxylic acids is 1. The van der Waals surface area contributed by atoms with E-state index in [-0.39, 0.29) is 12.3 Å². The first kappa shape index (κ1) is 22.8. The Hall–Kier alpha value is -2.90. The molecule has 9 heteroatoms. The fourth-order valence-corrected chi connectivity index (χ4v) is 3.52. The first-order valence-corrected chi connectivity index (χ1v) is 10.3. The minimum atomic E-state index is -0.146. The van der Waals surface area contributed by atoms with Crippen molar-refractivity contribution < 1.29 is 19.0 Å². The van der Waals surface area contributed by atoms with Crippen LogP contribution in [0.2, 0.25) is 10.0 Å². The summed E-state index contributed by atoms with van der Waals surface area (Å²) < 4.78 is 17.7. The molecule has 3 aromatic rings. The molecular weight excluding hydrogens is 441 g/mol. The third-order valence-corrected chi connectivity index (χ3v) is 5.56. The van der Waals surface area contributed by atoms with Gasteiger partial charge in [0.2, 0.25) is 11.7 Å². The molecule has 0 spiro atoms. The van der Waals surface area contributed by atoms with E-state index < -0.39 is 0 Å². The Morgan fingerprint density at radius 1 is 1.06 bits per heavy atom. The second-order valence-corrected chi connectivity index (χ2v) is 7.45. The monoisotopic (exact) mass is 463 g/mol. The van der Waals surface area contributed by atoms with Crippen LogP contribution in [0.1, 0.15) is 17.5 Å². The Morgan fingerprint density at radius 3 is 2.42 bits per heavy atom. The van der Waals surface area contributed by atoms with Crippen molar-refractivity contribution in [3.05, 3.63) is 63.8 Å². The molecule has 0 bridgehead atoms. The summed E-state index contributed by atoms with van der Waals surface area (Å²) in [5.74, 6) is 2.04. The molecule has 0 saturated carbocycles. The Bertz CT molecular complexity index is 1040. The number of rotatable bonds is 9. The average Bonchev–Trinajstić information content (AvgIpc) is 3.20. The fraction of sp³-hybridized carbons (Fsp3) is 0.273. The lowest BCUT2D eigenvalue weighted by atomic mass is 10.1. The van der Waals surface area contributed by atoms with Crippen molar-refractivity contribution in [1.29, 1.82) is 0 Å². The highest BCUT2D eigenvalue weighted by Crippen LogP contribution is 2.38. The van der Waals surface area contributed by atoms with E-state index >= 15 is 0 Å². The minimum Gasteiger partial charge on any atom is -0.493 e. The van der Waals surface area contributed by atoms with Crippen molar-refractivity contribution in [2.24, 2.45) is 0 Å². The van der Waals surface area contributed by atoms with Crippen LogP contribution in [0.4, 0.5) is 5.82 Å². The van der Waals surface area contributed by atoms with E-state index in [9.17, 15) is 4.79 Å². The molecule has 7 nitrogen and oxygen atoms in total. The second-order valence-electron chi connectivity index (χ2n) is 6.67. The Kier molecular flexibility index (Phi) is 7.65. The van der Waals surface area contributed by atoms with Crippen LogP contribution in [0.15, 0.2) is 42.6 Å². The maximum atomic E-state index is 12.6. The molecule has 2 aromatic carbocycles. The molecule has 1 N–H and O–H groups in total. The summed E-state index contributed by atoms with van der Waals surface area (Å²) in [5, 5.41) is 8.11. The molecule has 0 aliphatic carbocycles. The lowest BCUT2D eigenvalue weighted by Crippen LogP contribution is -2.16. The topological polar surface area (TPSA) is 74.6 Å². The number of benzene rings is 2. The van der Waals surface area contributed by atoms with Gasteiger partial charge >= 0.3 is 0 Å². The number of carbonyl (C=O) groups is 1. The van der Waals surface area contributed by atoms with Gasteiger partial charge < -0.3 is 19.5 Å². The lowest BCUT2D eigenvalue weighted by Gasteiger charge is -2.14. The normalized spacial score (nSPS) is 10.6. The summed E-state index contributed by atoms with van der Waals surface area (Å²) in [7, 11) is 4.66. The highest BCUT2D eigenvalue weighted by molar-refractivity contribution is 6.42. The van der Waals surface area contributed by atoms with Gasteiger partial charge in [-0.2, -0.15) is 5.10 Å². The molecule has 1 heterocycles. The Morgan fingerprint density at radius 2 is 1.77 bits per heavy atom. The number of hydrogen-bond acceptors (Lipinski definition) is 5. The van der Waals surface area contributed by atoms with Gasteiger partial charge in [-0.05, 0) is 35.7 Å². The van der Waals surface area contributed by atoms with Gasteiger partial charge in [-0.15, -0.1) is 0 Å². The molecule has 164 valence electrons. The van der Waals surface area contributed by atoms with Crippen molar-refractivity contribution in [3.8, 4) is 17.2 Å². The predicted octanol–water partition coefficient (Wildman–Crippen LogP) is 4.84. The summed E-state index contributed by atoms with van der Waals surface area (Å²) in [6.07, 6.45) is 2.38. The number of hydrogen-bond donors (Lipinski definition) is 1. The van der Waals surface area contributed by atoms with Gasteiger partial charge in [0.1, 0.15) is 5.82 Å². The molecule has 0 fully saturated rings. The number of aromatic nitrogens is 2. The fourth-order valence-electron chi connectivity index (χ4n) is 3.14. The SMILES string of the molecule is COc1cc(CCC(=O)Nc2ccnn2Cc2cccc(Cl)c2Cl)cc(OC)c1OC. The van der Waals surface area contributed by atoms with Crippen molar-refractivity contribution in [2.75, 3.05) is 26.6 Å². The Labute approximate surface area is 190 Å². The lowest BCUT2D eigenvalue weighted by molar-refractivity contribution is -0.116. The molecule has 1 amide bonds. The number of halogens is 2. The van der Waals surface area contributed by atoms with Crippen LogP contribution >= 0.6 is 23.2 Å². The highest BCUT2D eigenvalue weighted by Gasteiger charge is 2.15. The molecule has 0 radical (unpaired) electrons. The zero-order chi connectivity index (χ0) is 22.4. The molecular formula is C22H23Cl2N3O4. The van der Waals surface area contributed by atoms with Crippen molar-refractivity contribution in [2.45, 2.75) is 19.4 Å². The molecule has 31 heavy (non-hydrogen) atoms. The van der Waals surface area contributed by atoms with Gasteiger partial charge in [-0.1, -0.05) is 35.3 Å². The van der Waals surface area contributed by atoms with Gasteiger partial charge in [0.05, 0.1) is 44.1 Å². The van der Waals surface area contributed by atoms with Crippen LogP contribution in [0.3, 0.4) is 0 Å². The van der Waals surface area contributed by atoms with Gasteiger partial charge in [0.15, 0.2) is 11.5 Å². The van der Waals surface area contributed by atoms with E-state index in [0.29, 0.717) is 46.1 Å². The average molecular weight is 464 g/mol. The molecule has 0 atom stereocenters. The van der Waals surface area contributed by atoms with E-state index in [1.165, 1.54) is 0 Å². The number of anilines is 1. The summed E-state index contributed by atoms with van der Waals surface area (Å²) >= 11 is 12.3. The van der Waals surface area contributed by atoms with E-state index in [1.54, 1.807) is 44.3 Å². The zero-order valence-electron chi connectivity index (χ0n) is 17.4. The van der Waals surface area contributed by atoms with Crippen molar-refractivity contribution >= 4 is 34.9 Å². The number of aryl methyl sites for hydroxylation is 1. The third-order valence-electron chi connectivity index (χ3n) is 4.70. The van der Waals surface area contributed by atoms with Gasteiger partial charge in [0, 0.05) is 12.5 Å². The van der Waals surface area contributed by atoms with Crippen LogP contribution in [-0.2, 0) is 17.8 Å². The van der Waals surface area contributed by atoms with Gasteiger partial charge in [-0.25, -0.2) is 4.68 Å².